The van der Waals surface area contributed by atoms with E-state index in [4.69, 9.17) is 20.5 Å². The van der Waals surface area contributed by atoms with Crippen molar-refractivity contribution in [2.75, 3.05) is 5.32 Å². The van der Waals surface area contributed by atoms with Crippen molar-refractivity contribution < 1.29 is 13.7 Å². The number of benzene rings is 2. The highest BCUT2D eigenvalue weighted by Crippen LogP contribution is 2.32. The molecule has 0 atom stereocenters. The van der Waals surface area contributed by atoms with E-state index in [0.29, 0.717) is 33.2 Å². The number of halogens is 1. The van der Waals surface area contributed by atoms with Gasteiger partial charge in [0.15, 0.2) is 0 Å². The van der Waals surface area contributed by atoms with Gasteiger partial charge in [0.05, 0.1) is 5.02 Å². The minimum Gasteiger partial charge on any atom is -0.403 e. The Bertz CT molecular complexity index is 1230. The van der Waals surface area contributed by atoms with Gasteiger partial charge in [0, 0.05) is 21.3 Å². The highest BCUT2D eigenvalue weighted by molar-refractivity contribution is 7.99. The molecule has 0 spiro atoms. The fourth-order valence-corrected chi connectivity index (χ4v) is 4.12. The number of thioether (sulfide) groups is 1. The Hall–Kier alpha value is -3.10. The number of aryl methyl sites for hydroxylation is 1. The number of carbonyl (C=O) groups is 1. The number of nitrogens with one attached hydrogen (secondary N) is 1. The average Bonchev–Trinajstić information content (AvgIpc) is 3.35. The van der Waals surface area contributed by atoms with Crippen LogP contribution in [0.1, 0.15) is 30.0 Å². The van der Waals surface area contributed by atoms with Crippen LogP contribution in [0.3, 0.4) is 0 Å². The normalized spacial score (nSPS) is 11.1. The van der Waals surface area contributed by atoms with E-state index in [2.05, 4.69) is 34.5 Å². The first-order valence-electron chi connectivity index (χ1n) is 9.55. The second kappa shape index (κ2) is 8.95. The van der Waals surface area contributed by atoms with Gasteiger partial charge in [-0.25, -0.2) is 0 Å². The molecule has 9 heteroatoms. The van der Waals surface area contributed by atoms with Crippen LogP contribution in [0.15, 0.2) is 62.4 Å². The van der Waals surface area contributed by atoms with Gasteiger partial charge in [0.2, 0.25) is 5.89 Å². The molecule has 31 heavy (non-hydrogen) atoms. The lowest BCUT2D eigenvalue weighted by Gasteiger charge is -2.05. The zero-order valence-corrected chi connectivity index (χ0v) is 18.6. The molecule has 1 N–H and O–H groups in total. The van der Waals surface area contributed by atoms with E-state index in [9.17, 15) is 4.79 Å². The minimum absolute atomic E-state index is 0.0207. The summed E-state index contributed by atoms with van der Waals surface area (Å²) in [5, 5.41) is 15.6. The molecule has 0 saturated carbocycles. The Kier molecular flexibility index (Phi) is 6.11. The van der Waals surface area contributed by atoms with Crippen molar-refractivity contribution in [3.63, 3.8) is 0 Å². The third-order valence-corrected chi connectivity index (χ3v) is 5.64. The molecular weight excluding hydrogens is 436 g/mol. The predicted molar refractivity (Wildman–Crippen MR) is 120 cm³/mol. The van der Waals surface area contributed by atoms with Crippen LogP contribution in [0.25, 0.3) is 22.7 Å². The SMILES string of the molecule is Cc1onc(-c2ccccc2Cl)c1C(=O)Nc1nnc(-c2cccc(SC(C)C)c2)o1. The molecule has 4 aromatic rings. The van der Waals surface area contributed by atoms with Gasteiger partial charge in [-0.15, -0.1) is 16.9 Å². The highest BCUT2D eigenvalue weighted by Gasteiger charge is 2.24. The number of hydrogen-bond acceptors (Lipinski definition) is 7. The molecule has 0 radical (unpaired) electrons. The highest BCUT2D eigenvalue weighted by atomic mass is 35.5. The van der Waals surface area contributed by atoms with Crippen LogP contribution in [-0.2, 0) is 0 Å². The van der Waals surface area contributed by atoms with Crippen molar-refractivity contribution >= 4 is 35.3 Å². The summed E-state index contributed by atoms with van der Waals surface area (Å²) in [6.07, 6.45) is 0. The summed E-state index contributed by atoms with van der Waals surface area (Å²) in [4.78, 5) is 14.0. The van der Waals surface area contributed by atoms with E-state index >= 15 is 0 Å². The lowest BCUT2D eigenvalue weighted by molar-refractivity contribution is 0.102. The van der Waals surface area contributed by atoms with Crippen molar-refractivity contribution in [2.45, 2.75) is 30.9 Å². The average molecular weight is 455 g/mol. The number of anilines is 1. The quantitative estimate of drug-likeness (QED) is 0.351. The van der Waals surface area contributed by atoms with Crippen molar-refractivity contribution in [3.8, 4) is 22.7 Å². The number of nitrogens with zero attached hydrogens (tertiary/aromatic N) is 3. The summed E-state index contributed by atoms with van der Waals surface area (Å²) in [7, 11) is 0. The Balaban J connectivity index is 1.57. The number of amides is 1. The molecule has 0 saturated heterocycles. The topological polar surface area (TPSA) is 94.1 Å². The summed E-state index contributed by atoms with van der Waals surface area (Å²) >= 11 is 8.00. The predicted octanol–water partition coefficient (Wildman–Crippen LogP) is 6.11. The first kappa shape index (κ1) is 21.1. The maximum Gasteiger partial charge on any atom is 0.322 e. The molecule has 2 aromatic carbocycles. The molecule has 0 unspecified atom stereocenters. The van der Waals surface area contributed by atoms with Gasteiger partial charge in [0.25, 0.3) is 5.91 Å². The molecule has 4 rings (SSSR count). The van der Waals surface area contributed by atoms with Crippen LogP contribution in [0.5, 0.6) is 0 Å². The third kappa shape index (κ3) is 4.65. The van der Waals surface area contributed by atoms with Gasteiger partial charge in [-0.2, -0.15) is 0 Å². The molecule has 7 nitrogen and oxygen atoms in total. The molecule has 158 valence electrons. The molecule has 1 amide bonds. The number of aromatic nitrogens is 3. The molecule has 0 aliphatic carbocycles. The van der Waals surface area contributed by atoms with E-state index < -0.39 is 5.91 Å². The molecule has 0 bridgehead atoms. The minimum atomic E-state index is -0.479. The second-order valence-electron chi connectivity index (χ2n) is 7.00. The van der Waals surface area contributed by atoms with Crippen molar-refractivity contribution in [3.05, 3.63) is 64.9 Å². The Morgan fingerprint density at radius 2 is 1.94 bits per heavy atom. The second-order valence-corrected chi connectivity index (χ2v) is 9.06. The maximum absolute atomic E-state index is 12.9. The van der Waals surface area contributed by atoms with Crippen LogP contribution in [-0.4, -0.2) is 26.5 Å². The fourth-order valence-electron chi connectivity index (χ4n) is 3.00. The van der Waals surface area contributed by atoms with E-state index in [-0.39, 0.29) is 11.6 Å². The Labute approximate surface area is 188 Å². The zero-order chi connectivity index (χ0) is 22.0. The summed E-state index contributed by atoms with van der Waals surface area (Å²) < 4.78 is 10.9. The number of hydrogen-bond donors (Lipinski definition) is 1. The van der Waals surface area contributed by atoms with Gasteiger partial charge in [-0.3, -0.25) is 10.1 Å². The van der Waals surface area contributed by atoms with Gasteiger partial charge in [-0.05, 0) is 31.2 Å². The fraction of sp³-hybridized carbons (Fsp3) is 0.182. The van der Waals surface area contributed by atoms with Gasteiger partial charge < -0.3 is 8.94 Å². The summed E-state index contributed by atoms with van der Waals surface area (Å²) in [6, 6.07) is 14.9. The third-order valence-electron chi connectivity index (χ3n) is 4.32. The van der Waals surface area contributed by atoms with Gasteiger partial charge >= 0.3 is 6.01 Å². The first-order valence-corrected chi connectivity index (χ1v) is 10.8. The monoisotopic (exact) mass is 454 g/mol. The molecule has 0 fully saturated rings. The van der Waals surface area contributed by atoms with Crippen LogP contribution in [0.2, 0.25) is 5.02 Å². The van der Waals surface area contributed by atoms with Crippen LogP contribution in [0.4, 0.5) is 6.01 Å². The lowest BCUT2D eigenvalue weighted by atomic mass is 10.1. The summed E-state index contributed by atoms with van der Waals surface area (Å²) in [5.74, 6) is 0.188. The van der Waals surface area contributed by atoms with Crippen molar-refractivity contribution in [2.24, 2.45) is 0 Å². The number of carbonyl (C=O) groups excluding carboxylic acids is 1. The summed E-state index contributed by atoms with van der Waals surface area (Å²) in [5.41, 5.74) is 1.97. The van der Waals surface area contributed by atoms with E-state index in [1.165, 1.54) is 0 Å². The number of rotatable bonds is 6. The van der Waals surface area contributed by atoms with E-state index in [1.54, 1.807) is 36.9 Å². The largest absolute Gasteiger partial charge is 0.403 e. The molecular formula is C22H19ClN4O3S. The van der Waals surface area contributed by atoms with Crippen LogP contribution >= 0.6 is 23.4 Å². The van der Waals surface area contributed by atoms with Crippen molar-refractivity contribution in [1.29, 1.82) is 0 Å². The first-order chi connectivity index (χ1) is 14.9. The van der Waals surface area contributed by atoms with Gasteiger partial charge in [-0.1, -0.05) is 60.0 Å². The molecule has 0 aliphatic heterocycles. The Morgan fingerprint density at radius 1 is 1.13 bits per heavy atom. The van der Waals surface area contributed by atoms with E-state index in [0.717, 1.165) is 10.5 Å². The van der Waals surface area contributed by atoms with Crippen LogP contribution in [0, 0.1) is 6.92 Å². The standard InChI is InChI=1S/C22H19ClN4O3S/c1-12(2)31-15-8-6-7-14(11-15)21-25-26-22(29-21)24-20(28)18-13(3)30-27-19(18)16-9-4-5-10-17(16)23/h4-12H,1-3H3,(H,24,26,28). The molecule has 2 aromatic heterocycles. The smallest absolute Gasteiger partial charge is 0.322 e. The van der Waals surface area contributed by atoms with Gasteiger partial charge in [0.1, 0.15) is 17.0 Å². The molecule has 2 heterocycles. The van der Waals surface area contributed by atoms with E-state index in [1.807, 2.05) is 30.3 Å². The molecule has 0 aliphatic rings. The zero-order valence-electron chi connectivity index (χ0n) is 17.0. The van der Waals surface area contributed by atoms with Crippen molar-refractivity contribution in [1.82, 2.24) is 15.4 Å². The Morgan fingerprint density at radius 3 is 2.71 bits per heavy atom. The lowest BCUT2D eigenvalue weighted by Crippen LogP contribution is -2.13. The summed E-state index contributed by atoms with van der Waals surface area (Å²) in [6.45, 7) is 5.90. The maximum atomic E-state index is 12.9. The van der Waals surface area contributed by atoms with Crippen LogP contribution < -0.4 is 5.32 Å².